The number of unbranched alkanes of at least 4 members (excludes halogenated alkanes) is 3. The van der Waals surface area contributed by atoms with E-state index in [2.05, 4.69) is 11.9 Å². The molecule has 0 heterocycles. The molecule has 0 saturated heterocycles. The van der Waals surface area contributed by atoms with Gasteiger partial charge in [0.2, 0.25) is 0 Å². The van der Waals surface area contributed by atoms with Crippen molar-refractivity contribution in [2.45, 2.75) is 32.6 Å². The van der Waals surface area contributed by atoms with E-state index in [-0.39, 0.29) is 0 Å². The van der Waals surface area contributed by atoms with Gasteiger partial charge in [0.15, 0.2) is 0 Å². The average Bonchev–Trinajstić information content (AvgIpc) is 2.42. The molecule has 0 aliphatic carbocycles. The van der Waals surface area contributed by atoms with Crippen LogP contribution in [-0.4, -0.2) is 24.6 Å². The zero-order valence-corrected chi connectivity index (χ0v) is 12.0. The number of ether oxygens (including phenoxy) is 1. The first-order chi connectivity index (χ1) is 9.24. The smallest absolute Gasteiger partial charge is 0.252 e. The Bertz CT molecular complexity index is 401. The van der Waals surface area contributed by atoms with Gasteiger partial charge in [0.25, 0.3) is 5.24 Å². The SMILES string of the molecule is CCCCCCN=CCOc1ccc(C(=O)Cl)cc1. The van der Waals surface area contributed by atoms with Gasteiger partial charge < -0.3 is 4.74 Å². The summed E-state index contributed by atoms with van der Waals surface area (Å²) in [5, 5.41) is -0.458. The maximum absolute atomic E-state index is 10.9. The van der Waals surface area contributed by atoms with Crippen molar-refractivity contribution in [3.63, 3.8) is 0 Å². The number of benzene rings is 1. The van der Waals surface area contributed by atoms with Crippen LogP contribution in [0.25, 0.3) is 0 Å². The Morgan fingerprint density at radius 3 is 2.63 bits per heavy atom. The van der Waals surface area contributed by atoms with Crippen LogP contribution in [0.5, 0.6) is 5.75 Å². The minimum Gasteiger partial charge on any atom is -0.488 e. The molecule has 0 saturated carbocycles. The van der Waals surface area contributed by atoms with Crippen molar-refractivity contribution in [3.8, 4) is 5.75 Å². The number of aliphatic imine (C=N–C) groups is 1. The lowest BCUT2D eigenvalue weighted by Gasteiger charge is -2.02. The molecule has 0 aliphatic rings. The summed E-state index contributed by atoms with van der Waals surface area (Å²) >= 11 is 5.35. The lowest BCUT2D eigenvalue weighted by atomic mass is 10.2. The monoisotopic (exact) mass is 281 g/mol. The Kier molecular flexibility index (Phi) is 7.91. The molecule has 0 spiro atoms. The molecule has 0 fully saturated rings. The number of carbonyl (C=O) groups excluding carboxylic acids is 1. The third kappa shape index (κ3) is 6.97. The summed E-state index contributed by atoms with van der Waals surface area (Å²) in [5.41, 5.74) is 0.471. The maximum atomic E-state index is 10.9. The van der Waals surface area contributed by atoms with E-state index in [1.807, 2.05) is 0 Å². The van der Waals surface area contributed by atoms with E-state index in [1.54, 1.807) is 30.5 Å². The zero-order valence-electron chi connectivity index (χ0n) is 11.3. The topological polar surface area (TPSA) is 38.7 Å². The molecule has 104 valence electrons. The largest absolute Gasteiger partial charge is 0.488 e. The molecule has 1 rings (SSSR count). The van der Waals surface area contributed by atoms with Gasteiger partial charge in [-0.25, -0.2) is 0 Å². The van der Waals surface area contributed by atoms with E-state index in [0.717, 1.165) is 13.0 Å². The fourth-order valence-corrected chi connectivity index (χ4v) is 1.72. The quantitative estimate of drug-likeness (QED) is 0.388. The fraction of sp³-hybridized carbons (Fsp3) is 0.467. The number of nitrogens with zero attached hydrogens (tertiary/aromatic N) is 1. The first-order valence-corrected chi connectivity index (χ1v) is 7.03. The van der Waals surface area contributed by atoms with E-state index < -0.39 is 5.24 Å². The minimum atomic E-state index is -0.458. The Morgan fingerprint density at radius 1 is 1.26 bits per heavy atom. The van der Waals surface area contributed by atoms with Crippen molar-refractivity contribution in [1.82, 2.24) is 0 Å². The van der Waals surface area contributed by atoms with Gasteiger partial charge in [-0.3, -0.25) is 9.79 Å². The summed E-state index contributed by atoms with van der Waals surface area (Å²) in [7, 11) is 0. The van der Waals surface area contributed by atoms with Gasteiger partial charge in [0.05, 0.1) is 0 Å². The minimum absolute atomic E-state index is 0.446. The highest BCUT2D eigenvalue weighted by molar-refractivity contribution is 6.67. The Hall–Kier alpha value is -1.35. The highest BCUT2D eigenvalue weighted by atomic mass is 35.5. The predicted octanol–water partition coefficient (Wildman–Crippen LogP) is 4.10. The standard InChI is InChI=1S/C15H20ClNO2/c1-2-3-4-5-10-17-11-12-19-14-8-6-13(7-9-14)15(16)18/h6-9,11H,2-5,10,12H2,1H3. The van der Waals surface area contributed by atoms with Crippen LogP contribution in [0.15, 0.2) is 29.3 Å². The van der Waals surface area contributed by atoms with E-state index in [9.17, 15) is 4.79 Å². The molecule has 0 aliphatic heterocycles. The van der Waals surface area contributed by atoms with Gasteiger partial charge in [-0.1, -0.05) is 26.2 Å². The molecule has 0 bridgehead atoms. The fourth-order valence-electron chi connectivity index (χ4n) is 1.59. The molecule has 0 N–H and O–H groups in total. The second kappa shape index (κ2) is 9.56. The Balaban J connectivity index is 2.18. The first kappa shape index (κ1) is 15.7. The zero-order chi connectivity index (χ0) is 13.9. The van der Waals surface area contributed by atoms with Gasteiger partial charge in [-0.2, -0.15) is 0 Å². The number of carbonyl (C=O) groups is 1. The van der Waals surface area contributed by atoms with Crippen LogP contribution < -0.4 is 4.74 Å². The van der Waals surface area contributed by atoms with Gasteiger partial charge in [0.1, 0.15) is 12.4 Å². The number of hydrogen-bond acceptors (Lipinski definition) is 3. The van der Waals surface area contributed by atoms with Crippen molar-refractivity contribution in [1.29, 1.82) is 0 Å². The van der Waals surface area contributed by atoms with Crippen LogP contribution in [0.1, 0.15) is 43.0 Å². The number of hydrogen-bond donors (Lipinski definition) is 0. The molecule has 0 amide bonds. The van der Waals surface area contributed by atoms with Gasteiger partial charge in [-0.05, 0) is 42.3 Å². The molecule has 1 aromatic rings. The van der Waals surface area contributed by atoms with Crippen LogP contribution >= 0.6 is 11.6 Å². The van der Waals surface area contributed by atoms with E-state index in [0.29, 0.717) is 17.9 Å². The molecular formula is C15H20ClNO2. The van der Waals surface area contributed by atoms with E-state index >= 15 is 0 Å². The molecular weight excluding hydrogens is 262 g/mol. The van der Waals surface area contributed by atoms with Crippen LogP contribution in [-0.2, 0) is 0 Å². The van der Waals surface area contributed by atoms with Crippen molar-refractivity contribution in [2.75, 3.05) is 13.2 Å². The normalized spacial score (nSPS) is 10.8. The third-order valence-electron chi connectivity index (χ3n) is 2.68. The molecule has 0 unspecified atom stereocenters. The average molecular weight is 282 g/mol. The van der Waals surface area contributed by atoms with Gasteiger partial charge in [-0.15, -0.1) is 0 Å². The van der Waals surface area contributed by atoms with Crippen LogP contribution in [0.4, 0.5) is 0 Å². The van der Waals surface area contributed by atoms with E-state index in [4.69, 9.17) is 16.3 Å². The molecule has 0 radical (unpaired) electrons. The summed E-state index contributed by atoms with van der Waals surface area (Å²) in [6.07, 6.45) is 6.68. The molecule has 4 heteroatoms. The highest BCUT2D eigenvalue weighted by Gasteiger charge is 2.00. The molecule has 0 aromatic heterocycles. The van der Waals surface area contributed by atoms with Crippen LogP contribution in [0, 0.1) is 0 Å². The van der Waals surface area contributed by atoms with Crippen molar-refractivity contribution in [3.05, 3.63) is 29.8 Å². The maximum Gasteiger partial charge on any atom is 0.252 e. The van der Waals surface area contributed by atoms with Crippen molar-refractivity contribution in [2.24, 2.45) is 4.99 Å². The predicted molar refractivity (Wildman–Crippen MR) is 79.6 cm³/mol. The van der Waals surface area contributed by atoms with Gasteiger partial charge >= 0.3 is 0 Å². The summed E-state index contributed by atoms with van der Waals surface area (Å²) in [6, 6.07) is 6.74. The summed E-state index contributed by atoms with van der Waals surface area (Å²) in [4.78, 5) is 15.1. The molecule has 1 aromatic carbocycles. The van der Waals surface area contributed by atoms with Crippen molar-refractivity contribution >= 4 is 23.1 Å². The molecule has 19 heavy (non-hydrogen) atoms. The summed E-state index contributed by atoms with van der Waals surface area (Å²) in [5.74, 6) is 0.707. The molecule has 0 atom stereocenters. The van der Waals surface area contributed by atoms with Crippen LogP contribution in [0.2, 0.25) is 0 Å². The highest BCUT2D eigenvalue weighted by Crippen LogP contribution is 2.13. The van der Waals surface area contributed by atoms with Crippen molar-refractivity contribution < 1.29 is 9.53 Å². The second-order valence-electron chi connectivity index (χ2n) is 4.26. The third-order valence-corrected chi connectivity index (χ3v) is 2.89. The first-order valence-electron chi connectivity index (χ1n) is 6.65. The van der Waals surface area contributed by atoms with E-state index in [1.165, 1.54) is 19.3 Å². The number of rotatable bonds is 9. The van der Waals surface area contributed by atoms with Gasteiger partial charge in [0, 0.05) is 18.3 Å². The Morgan fingerprint density at radius 2 is 2.00 bits per heavy atom. The lowest BCUT2D eigenvalue weighted by molar-refractivity contribution is 0.108. The Labute approximate surface area is 119 Å². The van der Waals surface area contributed by atoms with Crippen LogP contribution in [0.3, 0.4) is 0 Å². The summed E-state index contributed by atoms with van der Waals surface area (Å²) < 4.78 is 5.46. The molecule has 3 nitrogen and oxygen atoms in total. The number of halogens is 1. The second-order valence-corrected chi connectivity index (χ2v) is 4.60. The summed E-state index contributed by atoms with van der Waals surface area (Å²) in [6.45, 7) is 3.51. The lowest BCUT2D eigenvalue weighted by Crippen LogP contribution is -1.99.